The maximum Gasteiger partial charge on any atom is 0.224 e. The smallest absolute Gasteiger partial charge is 0.224 e. The molecule has 19 heavy (non-hydrogen) atoms. The van der Waals surface area contributed by atoms with Gasteiger partial charge in [-0.1, -0.05) is 36.8 Å². The fourth-order valence-corrected chi connectivity index (χ4v) is 3.36. The third kappa shape index (κ3) is 2.39. The van der Waals surface area contributed by atoms with Crippen LogP contribution in [0.4, 0.5) is 0 Å². The zero-order valence-electron chi connectivity index (χ0n) is 11.3. The minimum absolute atomic E-state index is 0.0833. The molecule has 2 aliphatic carbocycles. The van der Waals surface area contributed by atoms with Crippen molar-refractivity contribution in [3.05, 3.63) is 35.9 Å². The Morgan fingerprint density at radius 3 is 2.63 bits per heavy atom. The highest BCUT2D eigenvalue weighted by atomic mass is 16.2. The molecule has 0 spiro atoms. The molecule has 0 saturated heterocycles. The van der Waals surface area contributed by atoms with Crippen LogP contribution in [0.15, 0.2) is 30.3 Å². The van der Waals surface area contributed by atoms with Crippen molar-refractivity contribution in [2.45, 2.75) is 37.6 Å². The number of rotatable bonds is 4. The van der Waals surface area contributed by atoms with Crippen LogP contribution in [-0.4, -0.2) is 12.5 Å². The van der Waals surface area contributed by atoms with Gasteiger partial charge in [0.05, 0.1) is 5.54 Å². The van der Waals surface area contributed by atoms with Crippen molar-refractivity contribution in [2.24, 2.45) is 17.6 Å². The molecule has 3 N–H and O–H groups in total. The highest BCUT2D eigenvalue weighted by Gasteiger charge is 2.47. The van der Waals surface area contributed by atoms with Crippen molar-refractivity contribution in [1.29, 1.82) is 0 Å². The molecule has 2 saturated carbocycles. The first-order chi connectivity index (χ1) is 9.25. The van der Waals surface area contributed by atoms with E-state index in [1.165, 1.54) is 5.56 Å². The summed E-state index contributed by atoms with van der Waals surface area (Å²) in [5.41, 5.74) is 6.93. The van der Waals surface area contributed by atoms with Crippen LogP contribution in [0.3, 0.4) is 0 Å². The maximum atomic E-state index is 12.5. The molecule has 2 fully saturated rings. The van der Waals surface area contributed by atoms with E-state index in [2.05, 4.69) is 17.4 Å². The third-order valence-electron chi connectivity index (χ3n) is 4.74. The lowest BCUT2D eigenvalue weighted by atomic mass is 9.94. The Kier molecular flexibility index (Phi) is 3.31. The van der Waals surface area contributed by atoms with Crippen LogP contribution < -0.4 is 11.1 Å². The van der Waals surface area contributed by atoms with Gasteiger partial charge in [-0.25, -0.2) is 0 Å². The van der Waals surface area contributed by atoms with Crippen molar-refractivity contribution in [1.82, 2.24) is 5.32 Å². The largest absolute Gasteiger partial charge is 0.346 e. The van der Waals surface area contributed by atoms with Crippen molar-refractivity contribution in [2.75, 3.05) is 6.54 Å². The van der Waals surface area contributed by atoms with E-state index in [-0.39, 0.29) is 17.4 Å². The van der Waals surface area contributed by atoms with Gasteiger partial charge in [0.15, 0.2) is 0 Å². The van der Waals surface area contributed by atoms with Gasteiger partial charge in [0.2, 0.25) is 5.91 Å². The van der Waals surface area contributed by atoms with Gasteiger partial charge < -0.3 is 11.1 Å². The molecule has 0 aliphatic heterocycles. The summed E-state index contributed by atoms with van der Waals surface area (Å²) in [6, 6.07) is 10.3. The highest BCUT2D eigenvalue weighted by molar-refractivity contribution is 5.80. The quantitative estimate of drug-likeness (QED) is 0.869. The number of carbonyl (C=O) groups excluding carboxylic acids is 1. The van der Waals surface area contributed by atoms with Gasteiger partial charge in [-0.15, -0.1) is 0 Å². The standard InChI is InChI=1S/C16H22N2O/c17-11-12-5-4-8-14(12)15(19)18-16(9-10-16)13-6-2-1-3-7-13/h1-3,6-7,12,14H,4-5,8-11,17H2,(H,18,19)/t12-,14-/m1/s1. The van der Waals surface area contributed by atoms with Crippen molar-refractivity contribution in [3.8, 4) is 0 Å². The Balaban J connectivity index is 1.70. The van der Waals surface area contributed by atoms with Crippen LogP contribution in [0.5, 0.6) is 0 Å². The van der Waals surface area contributed by atoms with E-state index >= 15 is 0 Å². The Labute approximate surface area is 114 Å². The lowest BCUT2D eigenvalue weighted by molar-refractivity contribution is -0.127. The molecule has 0 radical (unpaired) electrons. The molecule has 1 aromatic rings. The Hall–Kier alpha value is -1.35. The summed E-state index contributed by atoms with van der Waals surface area (Å²) in [5, 5.41) is 3.30. The van der Waals surface area contributed by atoms with E-state index < -0.39 is 0 Å². The van der Waals surface area contributed by atoms with Crippen molar-refractivity contribution in [3.63, 3.8) is 0 Å². The molecule has 102 valence electrons. The first-order valence-electron chi connectivity index (χ1n) is 7.33. The van der Waals surface area contributed by atoms with Gasteiger partial charge >= 0.3 is 0 Å². The van der Waals surface area contributed by atoms with Crippen molar-refractivity contribution >= 4 is 5.91 Å². The Morgan fingerprint density at radius 2 is 2.00 bits per heavy atom. The second kappa shape index (κ2) is 4.97. The number of hydrogen-bond donors (Lipinski definition) is 2. The zero-order valence-corrected chi connectivity index (χ0v) is 11.3. The summed E-state index contributed by atoms with van der Waals surface area (Å²) >= 11 is 0. The van der Waals surface area contributed by atoms with Crippen LogP contribution >= 0.6 is 0 Å². The fourth-order valence-electron chi connectivity index (χ4n) is 3.36. The molecule has 2 aliphatic rings. The number of nitrogens with two attached hydrogens (primary N) is 1. The molecular weight excluding hydrogens is 236 g/mol. The number of carbonyl (C=O) groups is 1. The summed E-state index contributed by atoms with van der Waals surface area (Å²) in [6.45, 7) is 0.635. The molecule has 2 atom stereocenters. The molecular formula is C16H22N2O. The Bertz CT molecular complexity index is 453. The van der Waals surface area contributed by atoms with Crippen LogP contribution in [0.2, 0.25) is 0 Å². The van der Waals surface area contributed by atoms with E-state index in [0.717, 1.165) is 32.1 Å². The van der Waals surface area contributed by atoms with Crippen LogP contribution in [0.1, 0.15) is 37.7 Å². The molecule has 0 unspecified atom stereocenters. The fraction of sp³-hybridized carbons (Fsp3) is 0.562. The average molecular weight is 258 g/mol. The van der Waals surface area contributed by atoms with E-state index in [4.69, 9.17) is 5.73 Å². The third-order valence-corrected chi connectivity index (χ3v) is 4.74. The van der Waals surface area contributed by atoms with Crippen molar-refractivity contribution < 1.29 is 4.79 Å². The molecule has 3 rings (SSSR count). The summed E-state index contributed by atoms with van der Waals surface area (Å²) in [5.74, 6) is 0.729. The van der Waals surface area contributed by atoms with Crippen LogP contribution in [0.25, 0.3) is 0 Å². The average Bonchev–Trinajstić information content (AvgIpc) is 3.06. The summed E-state index contributed by atoms with van der Waals surface area (Å²) < 4.78 is 0. The number of hydrogen-bond acceptors (Lipinski definition) is 2. The van der Waals surface area contributed by atoms with E-state index in [1.54, 1.807) is 0 Å². The van der Waals surface area contributed by atoms with Gasteiger partial charge in [-0.2, -0.15) is 0 Å². The second-order valence-electron chi connectivity index (χ2n) is 5.97. The summed E-state index contributed by atoms with van der Waals surface area (Å²) in [4.78, 5) is 12.5. The van der Waals surface area contributed by atoms with E-state index in [0.29, 0.717) is 12.5 Å². The molecule has 0 bridgehead atoms. The normalized spacial score (nSPS) is 28.1. The van der Waals surface area contributed by atoms with Gasteiger partial charge in [0.1, 0.15) is 0 Å². The molecule has 3 nitrogen and oxygen atoms in total. The lowest BCUT2D eigenvalue weighted by Gasteiger charge is -2.23. The molecule has 3 heteroatoms. The monoisotopic (exact) mass is 258 g/mol. The van der Waals surface area contributed by atoms with Gasteiger partial charge in [-0.3, -0.25) is 4.79 Å². The van der Waals surface area contributed by atoms with E-state index in [9.17, 15) is 4.79 Å². The predicted octanol–water partition coefficient (Wildman–Crippen LogP) is 2.17. The summed E-state index contributed by atoms with van der Waals surface area (Å²) in [7, 11) is 0. The van der Waals surface area contributed by atoms with Gasteiger partial charge in [0.25, 0.3) is 0 Å². The summed E-state index contributed by atoms with van der Waals surface area (Å²) in [6.07, 6.45) is 5.36. The van der Waals surface area contributed by atoms with Crippen LogP contribution in [0, 0.1) is 11.8 Å². The number of nitrogens with one attached hydrogen (secondary N) is 1. The SMILES string of the molecule is NC[C@H]1CCC[C@H]1C(=O)NC1(c2ccccc2)CC1. The van der Waals surface area contributed by atoms with Crippen LogP contribution in [-0.2, 0) is 10.3 Å². The second-order valence-corrected chi connectivity index (χ2v) is 5.97. The molecule has 0 aromatic heterocycles. The first kappa shape index (κ1) is 12.7. The van der Waals surface area contributed by atoms with E-state index in [1.807, 2.05) is 18.2 Å². The predicted molar refractivity (Wildman–Crippen MR) is 75.4 cm³/mol. The maximum absolute atomic E-state index is 12.5. The minimum Gasteiger partial charge on any atom is -0.346 e. The number of benzene rings is 1. The zero-order chi connectivity index (χ0) is 13.3. The van der Waals surface area contributed by atoms with Gasteiger partial charge in [-0.05, 0) is 43.7 Å². The molecule has 1 amide bonds. The Morgan fingerprint density at radius 1 is 1.26 bits per heavy atom. The minimum atomic E-state index is -0.0833. The van der Waals surface area contributed by atoms with Gasteiger partial charge in [0, 0.05) is 5.92 Å². The molecule has 1 aromatic carbocycles. The topological polar surface area (TPSA) is 55.1 Å². The number of amides is 1. The highest BCUT2D eigenvalue weighted by Crippen LogP contribution is 2.46. The first-order valence-corrected chi connectivity index (χ1v) is 7.33. The molecule has 0 heterocycles. The lowest BCUT2D eigenvalue weighted by Crippen LogP contribution is -2.41.